The van der Waals surface area contributed by atoms with Crippen molar-refractivity contribution in [2.45, 2.75) is 18.7 Å². The molecule has 0 saturated carbocycles. The summed E-state index contributed by atoms with van der Waals surface area (Å²) in [6.45, 7) is 5.07. The van der Waals surface area contributed by atoms with Crippen molar-refractivity contribution in [3.63, 3.8) is 0 Å². The van der Waals surface area contributed by atoms with E-state index < -0.39 is 10.0 Å². The molecule has 0 bridgehead atoms. The molecule has 26 heavy (non-hydrogen) atoms. The third-order valence-electron chi connectivity index (χ3n) is 4.61. The highest BCUT2D eigenvalue weighted by Gasteiger charge is 2.30. The van der Waals surface area contributed by atoms with Crippen molar-refractivity contribution in [2.24, 2.45) is 0 Å². The van der Waals surface area contributed by atoms with Crippen LogP contribution in [0.4, 0.5) is 0 Å². The second kappa shape index (κ2) is 7.39. The zero-order chi connectivity index (χ0) is 18.9. The van der Waals surface area contributed by atoms with Crippen LogP contribution >= 0.6 is 11.6 Å². The monoisotopic (exact) mass is 392 g/mol. The fraction of sp³-hybridized carbons (Fsp3) is 0.316. The first-order valence-electron chi connectivity index (χ1n) is 8.41. The fourth-order valence-corrected chi connectivity index (χ4v) is 4.59. The minimum Gasteiger partial charge on any atom is -0.336 e. The van der Waals surface area contributed by atoms with E-state index in [0.29, 0.717) is 23.7 Å². The van der Waals surface area contributed by atoms with Gasteiger partial charge in [0.25, 0.3) is 5.91 Å². The Labute approximate surface area is 159 Å². The quantitative estimate of drug-likeness (QED) is 0.806. The van der Waals surface area contributed by atoms with Gasteiger partial charge in [-0.3, -0.25) is 4.79 Å². The lowest BCUT2D eigenvalue weighted by molar-refractivity contribution is 0.0698. The van der Waals surface area contributed by atoms with E-state index in [-0.39, 0.29) is 23.9 Å². The van der Waals surface area contributed by atoms with E-state index in [1.54, 1.807) is 29.2 Å². The van der Waals surface area contributed by atoms with Gasteiger partial charge in [-0.25, -0.2) is 8.42 Å². The molecular weight excluding hydrogens is 372 g/mol. The van der Waals surface area contributed by atoms with Crippen LogP contribution in [-0.2, 0) is 10.0 Å². The van der Waals surface area contributed by atoms with E-state index in [2.05, 4.69) is 0 Å². The van der Waals surface area contributed by atoms with Gasteiger partial charge in [0, 0.05) is 36.8 Å². The molecule has 1 fully saturated rings. The Morgan fingerprint density at radius 1 is 0.962 bits per heavy atom. The topological polar surface area (TPSA) is 57.7 Å². The smallest absolute Gasteiger partial charge is 0.253 e. The van der Waals surface area contributed by atoms with Gasteiger partial charge < -0.3 is 4.90 Å². The average molecular weight is 393 g/mol. The van der Waals surface area contributed by atoms with Crippen LogP contribution in [0.2, 0.25) is 5.02 Å². The van der Waals surface area contributed by atoms with Crippen LogP contribution in [0.5, 0.6) is 0 Å². The summed E-state index contributed by atoms with van der Waals surface area (Å²) in [6.07, 6.45) is 0. The van der Waals surface area contributed by atoms with Crippen LogP contribution in [0.15, 0.2) is 47.4 Å². The molecule has 2 aromatic carbocycles. The summed E-state index contributed by atoms with van der Waals surface area (Å²) in [5.41, 5.74) is 2.55. The Bertz CT molecular complexity index is 918. The summed E-state index contributed by atoms with van der Waals surface area (Å²) < 4.78 is 27.0. The number of hydrogen-bond donors (Lipinski definition) is 0. The van der Waals surface area contributed by atoms with Crippen LogP contribution in [-0.4, -0.2) is 49.7 Å². The number of piperazine rings is 1. The number of benzene rings is 2. The van der Waals surface area contributed by atoms with Gasteiger partial charge in [-0.15, -0.1) is 0 Å². The van der Waals surface area contributed by atoms with E-state index in [0.717, 1.165) is 11.1 Å². The van der Waals surface area contributed by atoms with Crippen LogP contribution < -0.4 is 0 Å². The maximum absolute atomic E-state index is 12.8. The van der Waals surface area contributed by atoms with E-state index >= 15 is 0 Å². The lowest BCUT2D eigenvalue weighted by Gasteiger charge is -2.34. The van der Waals surface area contributed by atoms with Crippen molar-refractivity contribution in [3.8, 4) is 0 Å². The number of rotatable bonds is 3. The second-order valence-corrected chi connectivity index (χ2v) is 8.82. The molecule has 0 N–H and O–H groups in total. The van der Waals surface area contributed by atoms with E-state index in [4.69, 9.17) is 11.6 Å². The molecule has 1 aliphatic heterocycles. The zero-order valence-corrected chi connectivity index (χ0v) is 16.3. The van der Waals surface area contributed by atoms with Crippen molar-refractivity contribution in [1.29, 1.82) is 0 Å². The molecule has 1 aliphatic rings. The lowest BCUT2D eigenvalue weighted by atomic mass is 10.1. The number of aryl methyl sites for hydroxylation is 2. The summed E-state index contributed by atoms with van der Waals surface area (Å²) in [5, 5.41) is 0.430. The van der Waals surface area contributed by atoms with Crippen LogP contribution in [0, 0.1) is 13.8 Å². The van der Waals surface area contributed by atoms with Crippen LogP contribution in [0.3, 0.4) is 0 Å². The highest BCUT2D eigenvalue weighted by atomic mass is 35.5. The van der Waals surface area contributed by atoms with Crippen molar-refractivity contribution >= 4 is 27.5 Å². The Morgan fingerprint density at radius 3 is 2.15 bits per heavy atom. The molecule has 0 radical (unpaired) electrons. The molecular formula is C19H21ClN2O3S. The molecule has 2 aromatic rings. The summed E-state index contributed by atoms with van der Waals surface area (Å²) in [5.74, 6) is -0.0690. The predicted molar refractivity (Wildman–Crippen MR) is 102 cm³/mol. The molecule has 1 amide bonds. The first-order valence-corrected chi connectivity index (χ1v) is 10.2. The standard InChI is InChI=1S/C19H21ClN2O3S/c1-14-3-6-16(7-4-14)19(23)21-9-11-22(12-10-21)26(24,25)17-8-5-15(2)18(20)13-17/h3-8,13H,9-12H2,1-2H3. The normalized spacial score (nSPS) is 15.9. The Hall–Kier alpha value is -1.89. The molecule has 0 atom stereocenters. The Balaban J connectivity index is 1.70. The van der Waals surface area contributed by atoms with Gasteiger partial charge in [0.15, 0.2) is 0 Å². The van der Waals surface area contributed by atoms with Crippen molar-refractivity contribution in [3.05, 3.63) is 64.2 Å². The van der Waals surface area contributed by atoms with E-state index in [1.165, 1.54) is 10.4 Å². The Kier molecular flexibility index (Phi) is 5.37. The molecule has 7 heteroatoms. The predicted octanol–water partition coefficient (Wildman–Crippen LogP) is 3.10. The molecule has 1 heterocycles. The molecule has 3 rings (SSSR count). The highest BCUT2D eigenvalue weighted by molar-refractivity contribution is 7.89. The van der Waals surface area contributed by atoms with Crippen LogP contribution in [0.1, 0.15) is 21.5 Å². The van der Waals surface area contributed by atoms with Crippen molar-refractivity contribution in [2.75, 3.05) is 26.2 Å². The van der Waals surface area contributed by atoms with Crippen molar-refractivity contribution in [1.82, 2.24) is 9.21 Å². The van der Waals surface area contributed by atoms with Gasteiger partial charge in [0.1, 0.15) is 0 Å². The molecule has 0 spiro atoms. The number of carbonyl (C=O) groups excluding carboxylic acids is 1. The Morgan fingerprint density at radius 2 is 1.58 bits per heavy atom. The number of sulfonamides is 1. The van der Waals surface area contributed by atoms with Gasteiger partial charge in [0.2, 0.25) is 10.0 Å². The summed E-state index contributed by atoms with van der Waals surface area (Å²) in [4.78, 5) is 14.4. The molecule has 0 unspecified atom stereocenters. The van der Waals surface area contributed by atoms with Gasteiger partial charge in [-0.2, -0.15) is 4.31 Å². The SMILES string of the molecule is Cc1ccc(C(=O)N2CCN(S(=O)(=O)c3ccc(C)c(Cl)c3)CC2)cc1. The largest absolute Gasteiger partial charge is 0.336 e. The maximum Gasteiger partial charge on any atom is 0.253 e. The first kappa shape index (κ1) is 18.9. The number of hydrogen-bond acceptors (Lipinski definition) is 3. The molecule has 1 saturated heterocycles. The fourth-order valence-electron chi connectivity index (χ4n) is 2.89. The van der Waals surface area contributed by atoms with Gasteiger partial charge in [0.05, 0.1) is 4.90 Å². The molecule has 0 aliphatic carbocycles. The van der Waals surface area contributed by atoms with E-state index in [9.17, 15) is 13.2 Å². The molecule has 0 aromatic heterocycles. The number of carbonyl (C=O) groups is 1. The third kappa shape index (κ3) is 3.77. The molecule has 138 valence electrons. The van der Waals surface area contributed by atoms with Crippen molar-refractivity contribution < 1.29 is 13.2 Å². The van der Waals surface area contributed by atoms with Crippen LogP contribution in [0.25, 0.3) is 0 Å². The highest BCUT2D eigenvalue weighted by Crippen LogP contribution is 2.24. The number of amides is 1. The first-order chi connectivity index (χ1) is 12.3. The minimum atomic E-state index is -3.61. The lowest BCUT2D eigenvalue weighted by Crippen LogP contribution is -2.50. The van der Waals surface area contributed by atoms with Gasteiger partial charge in [-0.05, 0) is 43.7 Å². The van der Waals surface area contributed by atoms with E-state index in [1.807, 2.05) is 26.0 Å². The average Bonchev–Trinajstić information content (AvgIpc) is 2.64. The molecule has 5 nitrogen and oxygen atoms in total. The minimum absolute atomic E-state index is 0.0690. The summed E-state index contributed by atoms with van der Waals surface area (Å²) in [6, 6.07) is 12.1. The maximum atomic E-state index is 12.8. The third-order valence-corrected chi connectivity index (χ3v) is 6.91. The number of halogens is 1. The summed E-state index contributed by atoms with van der Waals surface area (Å²) >= 11 is 6.07. The summed E-state index contributed by atoms with van der Waals surface area (Å²) in [7, 11) is -3.61. The second-order valence-electron chi connectivity index (χ2n) is 6.47. The number of nitrogens with zero attached hydrogens (tertiary/aromatic N) is 2. The zero-order valence-electron chi connectivity index (χ0n) is 14.8. The van der Waals surface area contributed by atoms with Gasteiger partial charge >= 0.3 is 0 Å². The van der Waals surface area contributed by atoms with Gasteiger partial charge in [-0.1, -0.05) is 35.4 Å².